The van der Waals surface area contributed by atoms with Gasteiger partial charge in [0.25, 0.3) is 5.91 Å². The van der Waals surface area contributed by atoms with Gasteiger partial charge in [-0.3, -0.25) is 4.79 Å². The molecule has 3 fully saturated rings. The SMILES string of the molecule is CN1C2CCCC1CC(NC(=O)c1cc(C3CC3)on1)C2. The fourth-order valence-corrected chi connectivity index (χ4v) is 3.95. The van der Waals surface area contributed by atoms with Crippen LogP contribution < -0.4 is 5.32 Å². The monoisotopic (exact) mass is 289 g/mol. The first-order valence-corrected chi connectivity index (χ1v) is 8.20. The summed E-state index contributed by atoms with van der Waals surface area (Å²) in [6.45, 7) is 0. The Morgan fingerprint density at radius 2 is 2.00 bits per heavy atom. The molecule has 1 aliphatic carbocycles. The van der Waals surface area contributed by atoms with E-state index in [1.165, 1.54) is 19.3 Å². The number of piperidine rings is 2. The van der Waals surface area contributed by atoms with Crippen molar-refractivity contribution in [3.05, 3.63) is 17.5 Å². The summed E-state index contributed by atoms with van der Waals surface area (Å²) < 4.78 is 5.27. The largest absolute Gasteiger partial charge is 0.360 e. The maximum absolute atomic E-state index is 12.3. The number of fused-ring (bicyclic) bond motifs is 2. The Kier molecular flexibility index (Phi) is 3.25. The zero-order valence-electron chi connectivity index (χ0n) is 12.5. The average molecular weight is 289 g/mol. The van der Waals surface area contributed by atoms with Crippen molar-refractivity contribution in [1.82, 2.24) is 15.4 Å². The third kappa shape index (κ3) is 2.59. The second kappa shape index (κ2) is 5.13. The summed E-state index contributed by atoms with van der Waals surface area (Å²) in [5.41, 5.74) is 0.445. The lowest BCUT2D eigenvalue weighted by Crippen LogP contribution is -2.55. The molecule has 114 valence electrons. The molecule has 0 aromatic carbocycles. The summed E-state index contributed by atoms with van der Waals surface area (Å²) in [4.78, 5) is 14.8. The molecule has 2 unspecified atom stereocenters. The second-order valence-electron chi connectivity index (χ2n) is 6.93. The van der Waals surface area contributed by atoms with Crippen molar-refractivity contribution < 1.29 is 9.32 Å². The van der Waals surface area contributed by atoms with Crippen molar-refractivity contribution in [1.29, 1.82) is 0 Å². The zero-order chi connectivity index (χ0) is 14.4. The van der Waals surface area contributed by atoms with Gasteiger partial charge in [-0.15, -0.1) is 0 Å². The highest BCUT2D eigenvalue weighted by molar-refractivity contribution is 5.92. The number of aromatic nitrogens is 1. The fraction of sp³-hybridized carbons (Fsp3) is 0.750. The first kappa shape index (κ1) is 13.3. The highest BCUT2D eigenvalue weighted by Crippen LogP contribution is 2.40. The Bertz CT molecular complexity index is 523. The van der Waals surface area contributed by atoms with Gasteiger partial charge < -0.3 is 14.7 Å². The quantitative estimate of drug-likeness (QED) is 0.927. The van der Waals surface area contributed by atoms with E-state index in [0.717, 1.165) is 31.4 Å². The highest BCUT2D eigenvalue weighted by atomic mass is 16.5. The van der Waals surface area contributed by atoms with E-state index in [1.54, 1.807) is 0 Å². The highest BCUT2D eigenvalue weighted by Gasteiger charge is 2.37. The standard InChI is InChI=1S/C16H23N3O2/c1-19-12-3-2-4-13(19)8-11(7-12)17-16(20)14-9-15(21-18-14)10-5-6-10/h9-13H,2-8H2,1H3,(H,17,20). The van der Waals surface area contributed by atoms with E-state index in [9.17, 15) is 4.79 Å². The van der Waals surface area contributed by atoms with Crippen molar-refractivity contribution in [2.24, 2.45) is 0 Å². The van der Waals surface area contributed by atoms with Crippen LogP contribution in [0.1, 0.15) is 67.1 Å². The van der Waals surface area contributed by atoms with Gasteiger partial charge in [0.05, 0.1) is 0 Å². The topological polar surface area (TPSA) is 58.4 Å². The smallest absolute Gasteiger partial charge is 0.273 e. The van der Waals surface area contributed by atoms with Crippen molar-refractivity contribution in [3.63, 3.8) is 0 Å². The maximum atomic E-state index is 12.3. The van der Waals surface area contributed by atoms with Crippen molar-refractivity contribution in [3.8, 4) is 0 Å². The van der Waals surface area contributed by atoms with Crippen LogP contribution in [-0.4, -0.2) is 41.1 Å². The third-order valence-corrected chi connectivity index (χ3v) is 5.42. The van der Waals surface area contributed by atoms with E-state index in [1.807, 2.05) is 6.07 Å². The Labute approximate surface area is 125 Å². The molecule has 21 heavy (non-hydrogen) atoms. The van der Waals surface area contributed by atoms with E-state index in [2.05, 4.69) is 22.4 Å². The van der Waals surface area contributed by atoms with Gasteiger partial charge in [0.1, 0.15) is 5.76 Å². The molecule has 3 heterocycles. The Hall–Kier alpha value is -1.36. The van der Waals surface area contributed by atoms with Crippen LogP contribution in [0.5, 0.6) is 0 Å². The number of nitrogens with one attached hydrogen (secondary N) is 1. The van der Waals surface area contributed by atoms with Crippen LogP contribution in [0.2, 0.25) is 0 Å². The van der Waals surface area contributed by atoms with Crippen LogP contribution in [0.4, 0.5) is 0 Å². The summed E-state index contributed by atoms with van der Waals surface area (Å²) in [6.07, 6.45) is 8.29. The van der Waals surface area contributed by atoms with Crippen LogP contribution in [0.15, 0.2) is 10.6 Å². The van der Waals surface area contributed by atoms with Gasteiger partial charge in [0.2, 0.25) is 0 Å². The minimum absolute atomic E-state index is 0.0710. The summed E-state index contributed by atoms with van der Waals surface area (Å²) in [7, 11) is 2.23. The molecule has 1 aromatic heterocycles. The van der Waals surface area contributed by atoms with Gasteiger partial charge in [0, 0.05) is 30.1 Å². The van der Waals surface area contributed by atoms with E-state index in [-0.39, 0.29) is 11.9 Å². The number of amides is 1. The minimum atomic E-state index is -0.0710. The van der Waals surface area contributed by atoms with Crippen molar-refractivity contribution >= 4 is 5.91 Å². The molecule has 2 bridgehead atoms. The Morgan fingerprint density at radius 3 is 2.67 bits per heavy atom. The molecule has 1 N–H and O–H groups in total. The van der Waals surface area contributed by atoms with Crippen LogP contribution in [0.25, 0.3) is 0 Å². The van der Waals surface area contributed by atoms with Crippen LogP contribution in [0, 0.1) is 0 Å². The van der Waals surface area contributed by atoms with Crippen LogP contribution in [-0.2, 0) is 0 Å². The molecule has 5 nitrogen and oxygen atoms in total. The van der Waals surface area contributed by atoms with Gasteiger partial charge >= 0.3 is 0 Å². The molecule has 4 rings (SSSR count). The fourth-order valence-electron chi connectivity index (χ4n) is 3.95. The molecule has 2 atom stereocenters. The molecule has 3 aliphatic rings. The summed E-state index contributed by atoms with van der Waals surface area (Å²) in [5.74, 6) is 1.31. The Balaban J connectivity index is 1.39. The molecule has 2 saturated heterocycles. The average Bonchev–Trinajstić information content (AvgIpc) is 3.17. The molecule has 1 aromatic rings. The van der Waals surface area contributed by atoms with Crippen molar-refractivity contribution in [2.75, 3.05) is 7.05 Å². The number of hydrogen-bond donors (Lipinski definition) is 1. The molecular weight excluding hydrogens is 266 g/mol. The van der Waals surface area contributed by atoms with E-state index in [0.29, 0.717) is 23.7 Å². The van der Waals surface area contributed by atoms with Crippen LogP contribution >= 0.6 is 0 Å². The molecular formula is C16H23N3O2. The second-order valence-corrected chi connectivity index (χ2v) is 6.93. The summed E-state index contributed by atoms with van der Waals surface area (Å²) in [6, 6.07) is 3.36. The summed E-state index contributed by atoms with van der Waals surface area (Å²) in [5, 5.41) is 7.10. The Morgan fingerprint density at radius 1 is 1.29 bits per heavy atom. The van der Waals surface area contributed by atoms with Gasteiger partial charge in [0.15, 0.2) is 5.69 Å². The predicted octanol–water partition coefficient (Wildman–Crippen LogP) is 2.30. The molecule has 5 heteroatoms. The number of nitrogens with zero attached hydrogens (tertiary/aromatic N) is 2. The lowest BCUT2D eigenvalue weighted by atomic mass is 9.82. The molecule has 0 spiro atoms. The lowest BCUT2D eigenvalue weighted by Gasteiger charge is -2.47. The number of carbonyl (C=O) groups is 1. The van der Waals surface area contributed by atoms with Gasteiger partial charge in [-0.05, 0) is 45.6 Å². The maximum Gasteiger partial charge on any atom is 0.273 e. The lowest BCUT2D eigenvalue weighted by molar-refractivity contribution is 0.0461. The molecule has 1 amide bonds. The van der Waals surface area contributed by atoms with Gasteiger partial charge in [-0.2, -0.15) is 0 Å². The van der Waals surface area contributed by atoms with Crippen LogP contribution in [0.3, 0.4) is 0 Å². The van der Waals surface area contributed by atoms with E-state index in [4.69, 9.17) is 4.52 Å². The molecule has 1 saturated carbocycles. The first-order valence-electron chi connectivity index (χ1n) is 8.20. The van der Waals surface area contributed by atoms with E-state index < -0.39 is 0 Å². The number of rotatable bonds is 3. The molecule has 2 aliphatic heterocycles. The first-order chi connectivity index (χ1) is 10.2. The summed E-state index contributed by atoms with van der Waals surface area (Å²) >= 11 is 0. The van der Waals surface area contributed by atoms with Crippen molar-refractivity contribution in [2.45, 2.75) is 69.0 Å². The number of hydrogen-bond acceptors (Lipinski definition) is 4. The van der Waals surface area contributed by atoms with E-state index >= 15 is 0 Å². The minimum Gasteiger partial charge on any atom is -0.360 e. The zero-order valence-corrected chi connectivity index (χ0v) is 12.5. The molecule has 0 radical (unpaired) electrons. The predicted molar refractivity (Wildman–Crippen MR) is 78.2 cm³/mol. The third-order valence-electron chi connectivity index (χ3n) is 5.42. The van der Waals surface area contributed by atoms with Gasteiger partial charge in [-0.25, -0.2) is 0 Å². The van der Waals surface area contributed by atoms with Gasteiger partial charge in [-0.1, -0.05) is 11.6 Å². The normalized spacial score (nSPS) is 32.9. The number of carbonyl (C=O) groups excluding carboxylic acids is 1.